The zero-order valence-electron chi connectivity index (χ0n) is 8.36. The van der Waals surface area contributed by atoms with Gasteiger partial charge in [0.2, 0.25) is 0 Å². The van der Waals surface area contributed by atoms with Crippen molar-refractivity contribution in [3.05, 3.63) is 42.5 Å². The molecule has 1 amide bonds. The molecule has 0 saturated carbocycles. The molecule has 4 heteroatoms. The first-order valence-corrected chi connectivity index (χ1v) is 4.68. The Hall–Kier alpha value is -1.26. The number of carbonyl (C=O) groups is 1. The number of benzene rings is 2. The third-order valence-corrected chi connectivity index (χ3v) is 2.16. The molecule has 0 atom stereocenters. The lowest BCUT2D eigenvalue weighted by atomic mass is 10.1. The molecule has 16 heavy (non-hydrogen) atoms. The highest BCUT2D eigenvalue weighted by atomic mass is 24.3. The van der Waals surface area contributed by atoms with Gasteiger partial charge in [-0.05, 0) is 11.5 Å². The summed E-state index contributed by atoms with van der Waals surface area (Å²) in [5, 5.41) is 4.41. The standard InChI is InChI=1S/C12H11NO2.Mg.2H/c1-13-12(14)15-11-8-4-6-9-5-2-3-7-10(9)11;;;/h2-8H,1H3,(H,13,14);;;. The Bertz CT molecular complexity index is 494. The van der Waals surface area contributed by atoms with Gasteiger partial charge in [-0.3, -0.25) is 0 Å². The van der Waals surface area contributed by atoms with E-state index in [0.717, 1.165) is 10.8 Å². The Morgan fingerprint density at radius 3 is 2.56 bits per heavy atom. The molecule has 0 bridgehead atoms. The van der Waals surface area contributed by atoms with Crippen LogP contribution in [0.2, 0.25) is 0 Å². The third kappa shape index (κ3) is 2.65. The minimum atomic E-state index is -0.452. The van der Waals surface area contributed by atoms with Gasteiger partial charge in [-0.15, -0.1) is 0 Å². The molecule has 0 radical (unpaired) electrons. The van der Waals surface area contributed by atoms with Crippen LogP contribution in [0.4, 0.5) is 4.79 Å². The molecular weight excluding hydrogens is 214 g/mol. The van der Waals surface area contributed by atoms with Gasteiger partial charge in [-0.1, -0.05) is 36.4 Å². The van der Waals surface area contributed by atoms with Gasteiger partial charge in [-0.25, -0.2) is 4.79 Å². The molecule has 2 rings (SSSR count). The van der Waals surface area contributed by atoms with Crippen molar-refractivity contribution < 1.29 is 9.53 Å². The first-order chi connectivity index (χ1) is 7.31. The highest BCUT2D eigenvalue weighted by molar-refractivity contribution is 5.90. The van der Waals surface area contributed by atoms with E-state index in [2.05, 4.69) is 5.32 Å². The molecule has 0 aliphatic rings. The number of ether oxygens (including phenoxy) is 1. The fourth-order valence-corrected chi connectivity index (χ4v) is 1.44. The quantitative estimate of drug-likeness (QED) is 0.752. The average molecular weight is 228 g/mol. The number of fused-ring (bicyclic) bond motifs is 1. The minimum absolute atomic E-state index is 0. The summed E-state index contributed by atoms with van der Waals surface area (Å²) >= 11 is 0. The number of amides is 1. The lowest BCUT2D eigenvalue weighted by Gasteiger charge is -2.06. The number of hydrogen-bond acceptors (Lipinski definition) is 2. The molecular formula is C12H13MgNO2. The topological polar surface area (TPSA) is 38.3 Å². The second kappa shape index (κ2) is 5.72. The van der Waals surface area contributed by atoms with E-state index in [1.807, 2.05) is 36.4 Å². The summed E-state index contributed by atoms with van der Waals surface area (Å²) in [7, 11) is 1.54. The second-order valence-corrected chi connectivity index (χ2v) is 3.12. The van der Waals surface area contributed by atoms with Crippen LogP contribution in [0.15, 0.2) is 42.5 Å². The summed E-state index contributed by atoms with van der Waals surface area (Å²) in [4.78, 5) is 11.1. The summed E-state index contributed by atoms with van der Waals surface area (Å²) in [6, 6.07) is 13.4. The number of rotatable bonds is 1. The predicted octanol–water partition coefficient (Wildman–Crippen LogP) is 1.64. The van der Waals surface area contributed by atoms with E-state index in [1.165, 1.54) is 7.05 Å². The van der Waals surface area contributed by atoms with Gasteiger partial charge in [0, 0.05) is 12.4 Å². The summed E-state index contributed by atoms with van der Waals surface area (Å²) in [6.45, 7) is 0. The SMILES string of the molecule is CNC(=O)Oc1cccc2ccccc12.[MgH2]. The Labute approximate surface area is 110 Å². The van der Waals surface area contributed by atoms with Crippen LogP contribution in [0.1, 0.15) is 0 Å². The van der Waals surface area contributed by atoms with Gasteiger partial charge in [0.1, 0.15) is 5.75 Å². The molecule has 80 valence electrons. The molecule has 0 saturated heterocycles. The summed E-state index contributed by atoms with van der Waals surface area (Å²) in [5.41, 5.74) is 0. The lowest BCUT2D eigenvalue weighted by molar-refractivity contribution is 0.203. The van der Waals surface area contributed by atoms with E-state index in [-0.39, 0.29) is 23.1 Å². The predicted molar refractivity (Wildman–Crippen MR) is 67.6 cm³/mol. The highest BCUT2D eigenvalue weighted by Gasteiger charge is 2.04. The van der Waals surface area contributed by atoms with Crippen molar-refractivity contribution in [1.82, 2.24) is 5.32 Å². The van der Waals surface area contributed by atoms with Crippen molar-refractivity contribution in [2.75, 3.05) is 7.05 Å². The fourth-order valence-electron chi connectivity index (χ4n) is 1.44. The highest BCUT2D eigenvalue weighted by Crippen LogP contribution is 2.24. The van der Waals surface area contributed by atoms with Crippen LogP contribution in [0, 0.1) is 0 Å². The van der Waals surface area contributed by atoms with E-state index in [0.29, 0.717) is 5.75 Å². The molecule has 0 aromatic heterocycles. The van der Waals surface area contributed by atoms with Crippen molar-refractivity contribution in [3.8, 4) is 5.75 Å². The lowest BCUT2D eigenvalue weighted by Crippen LogP contribution is -2.22. The number of carbonyl (C=O) groups excluding carboxylic acids is 1. The van der Waals surface area contributed by atoms with Crippen molar-refractivity contribution in [2.45, 2.75) is 0 Å². The van der Waals surface area contributed by atoms with Crippen LogP contribution in [0.3, 0.4) is 0 Å². The molecule has 0 fully saturated rings. The maximum Gasteiger partial charge on any atom is 0.412 e. The van der Waals surface area contributed by atoms with Gasteiger partial charge < -0.3 is 10.1 Å². The molecule has 0 heterocycles. The minimum Gasteiger partial charge on any atom is -0.410 e. The van der Waals surface area contributed by atoms with Crippen molar-refractivity contribution in [3.63, 3.8) is 0 Å². The fraction of sp³-hybridized carbons (Fsp3) is 0.0833. The molecule has 3 nitrogen and oxygen atoms in total. The van der Waals surface area contributed by atoms with Gasteiger partial charge in [0.15, 0.2) is 0 Å². The van der Waals surface area contributed by atoms with Crippen molar-refractivity contribution in [2.24, 2.45) is 0 Å². The van der Waals surface area contributed by atoms with E-state index in [4.69, 9.17) is 4.74 Å². The normalized spacial score (nSPS) is 9.31. The molecule has 2 aromatic rings. The van der Waals surface area contributed by atoms with Crippen LogP contribution in [0.5, 0.6) is 5.75 Å². The van der Waals surface area contributed by atoms with E-state index >= 15 is 0 Å². The summed E-state index contributed by atoms with van der Waals surface area (Å²) < 4.78 is 5.13. The van der Waals surface area contributed by atoms with Crippen LogP contribution in [-0.4, -0.2) is 36.2 Å². The van der Waals surface area contributed by atoms with Crippen LogP contribution < -0.4 is 10.1 Å². The first kappa shape index (κ1) is 12.8. The molecule has 0 aliphatic carbocycles. The third-order valence-electron chi connectivity index (χ3n) is 2.16. The number of hydrogen-bond donors (Lipinski definition) is 1. The van der Waals surface area contributed by atoms with Crippen molar-refractivity contribution >= 4 is 39.9 Å². The molecule has 1 N–H and O–H groups in total. The monoisotopic (exact) mass is 227 g/mol. The van der Waals surface area contributed by atoms with Crippen LogP contribution in [0.25, 0.3) is 10.8 Å². The first-order valence-electron chi connectivity index (χ1n) is 4.68. The maximum absolute atomic E-state index is 11.1. The maximum atomic E-state index is 11.1. The van der Waals surface area contributed by atoms with Gasteiger partial charge in [0.25, 0.3) is 0 Å². The van der Waals surface area contributed by atoms with Crippen LogP contribution in [-0.2, 0) is 0 Å². The largest absolute Gasteiger partial charge is 0.412 e. The van der Waals surface area contributed by atoms with Crippen LogP contribution >= 0.6 is 0 Å². The van der Waals surface area contributed by atoms with E-state index in [1.54, 1.807) is 6.07 Å². The number of nitrogens with one attached hydrogen (secondary N) is 1. The summed E-state index contributed by atoms with van der Waals surface area (Å²) in [5.74, 6) is 0.576. The Kier molecular flexibility index (Phi) is 4.58. The molecule has 2 aromatic carbocycles. The summed E-state index contributed by atoms with van der Waals surface area (Å²) in [6.07, 6.45) is -0.452. The Morgan fingerprint density at radius 2 is 1.81 bits per heavy atom. The average Bonchev–Trinajstić information content (AvgIpc) is 2.29. The van der Waals surface area contributed by atoms with Gasteiger partial charge >= 0.3 is 29.1 Å². The molecule has 0 spiro atoms. The Morgan fingerprint density at radius 1 is 1.12 bits per heavy atom. The molecule has 0 aliphatic heterocycles. The zero-order chi connectivity index (χ0) is 10.7. The second-order valence-electron chi connectivity index (χ2n) is 3.12. The van der Waals surface area contributed by atoms with E-state index < -0.39 is 6.09 Å². The van der Waals surface area contributed by atoms with Gasteiger partial charge in [0.05, 0.1) is 0 Å². The van der Waals surface area contributed by atoms with E-state index in [9.17, 15) is 4.79 Å². The zero-order valence-corrected chi connectivity index (χ0v) is 8.36. The smallest absolute Gasteiger partial charge is 0.410 e. The van der Waals surface area contributed by atoms with Crippen molar-refractivity contribution in [1.29, 1.82) is 0 Å². The van der Waals surface area contributed by atoms with Gasteiger partial charge in [-0.2, -0.15) is 0 Å². The molecule has 0 unspecified atom stereocenters. The Balaban J connectivity index is 0.00000128.